The molecular formula is C26H30F2N6O6. The molecule has 1 atom stereocenters. The molecule has 0 fully saturated rings. The van der Waals surface area contributed by atoms with Gasteiger partial charge in [0.2, 0.25) is 17.6 Å². The number of ether oxygens (including phenoxy) is 1. The van der Waals surface area contributed by atoms with E-state index in [2.05, 4.69) is 20.6 Å². The number of allylic oxidation sites excluding steroid dienone is 1. The molecule has 4 N–H and O–H groups in total. The van der Waals surface area contributed by atoms with E-state index in [1.54, 1.807) is 27.9 Å². The van der Waals surface area contributed by atoms with E-state index in [1.807, 2.05) is 0 Å². The van der Waals surface area contributed by atoms with Crippen LogP contribution in [0.2, 0.25) is 0 Å². The van der Waals surface area contributed by atoms with Crippen LogP contribution >= 0.6 is 0 Å². The van der Waals surface area contributed by atoms with Crippen LogP contribution in [0.5, 0.6) is 5.75 Å². The molecule has 0 spiro atoms. The smallest absolute Gasteiger partial charge is 0.405 e. The van der Waals surface area contributed by atoms with E-state index in [0.717, 1.165) is 6.07 Å². The molecule has 2 heterocycles. The number of halogens is 2. The summed E-state index contributed by atoms with van der Waals surface area (Å²) in [6.07, 6.45) is 2.62. The van der Waals surface area contributed by atoms with E-state index >= 15 is 0 Å². The summed E-state index contributed by atoms with van der Waals surface area (Å²) in [4.78, 5) is 57.2. The number of benzene rings is 1. The average Bonchev–Trinajstić information content (AvgIpc) is 3.27. The van der Waals surface area contributed by atoms with Crippen LogP contribution < -0.4 is 20.9 Å². The van der Waals surface area contributed by atoms with Crippen LogP contribution in [0.1, 0.15) is 32.5 Å². The molecule has 0 radical (unpaired) electrons. The number of amides is 3. The van der Waals surface area contributed by atoms with E-state index in [4.69, 9.17) is 9.84 Å². The van der Waals surface area contributed by atoms with Crippen LogP contribution in [-0.4, -0.2) is 68.7 Å². The van der Waals surface area contributed by atoms with Crippen LogP contribution in [0.25, 0.3) is 11.0 Å². The van der Waals surface area contributed by atoms with Gasteiger partial charge >= 0.3 is 6.09 Å². The van der Waals surface area contributed by atoms with Gasteiger partial charge in [-0.05, 0) is 44.9 Å². The largest absolute Gasteiger partial charge is 0.486 e. The highest BCUT2D eigenvalue weighted by molar-refractivity contribution is 5.96. The maximum Gasteiger partial charge on any atom is 0.405 e. The Morgan fingerprint density at radius 2 is 2.00 bits per heavy atom. The number of nitrogens with one attached hydrogen (secondary N) is 3. The summed E-state index contributed by atoms with van der Waals surface area (Å²) in [7, 11) is 3.15. The van der Waals surface area contributed by atoms with Crippen molar-refractivity contribution in [3.8, 4) is 5.75 Å². The van der Waals surface area contributed by atoms with Gasteiger partial charge in [0.25, 0.3) is 5.56 Å². The topological polar surface area (TPSA) is 159 Å². The average molecular weight is 561 g/mol. The summed E-state index contributed by atoms with van der Waals surface area (Å²) in [5, 5.41) is 13.7. The first-order valence-electron chi connectivity index (χ1n) is 12.3. The van der Waals surface area contributed by atoms with Gasteiger partial charge in [0.1, 0.15) is 23.1 Å². The van der Waals surface area contributed by atoms with Crippen LogP contribution in [-0.2, 0) is 16.1 Å². The van der Waals surface area contributed by atoms with Crippen molar-refractivity contribution in [3.63, 3.8) is 0 Å². The van der Waals surface area contributed by atoms with Crippen molar-refractivity contribution in [2.24, 2.45) is 0 Å². The number of aromatic amines is 1. The number of likely N-dealkylation sites (N-methyl/N-ethyl adjacent to an activating group) is 1. The van der Waals surface area contributed by atoms with Crippen LogP contribution in [0, 0.1) is 11.6 Å². The number of carboxylic acid groups (broad SMARTS) is 1. The van der Waals surface area contributed by atoms with Gasteiger partial charge in [-0.25, -0.2) is 14.2 Å². The van der Waals surface area contributed by atoms with Gasteiger partial charge in [-0.15, -0.1) is 0 Å². The highest BCUT2D eigenvalue weighted by atomic mass is 19.2. The highest BCUT2D eigenvalue weighted by Gasteiger charge is 2.22. The summed E-state index contributed by atoms with van der Waals surface area (Å²) in [6.45, 7) is 3.17. The van der Waals surface area contributed by atoms with Gasteiger partial charge in [0.15, 0.2) is 11.6 Å². The maximum atomic E-state index is 14.4. The molecule has 0 saturated carbocycles. The molecule has 3 amide bonds. The number of hydrogen-bond acceptors (Lipinski definition) is 6. The molecule has 0 aliphatic rings. The Hall–Kier alpha value is -4.75. The molecule has 0 aliphatic heterocycles. The predicted molar refractivity (Wildman–Crippen MR) is 142 cm³/mol. The summed E-state index contributed by atoms with van der Waals surface area (Å²) < 4.78 is 35.1. The number of pyridine rings is 1. The van der Waals surface area contributed by atoms with Crippen molar-refractivity contribution in [2.45, 2.75) is 45.4 Å². The van der Waals surface area contributed by atoms with Crippen molar-refractivity contribution in [2.75, 3.05) is 19.4 Å². The second-order valence-electron chi connectivity index (χ2n) is 9.31. The predicted octanol–water partition coefficient (Wildman–Crippen LogP) is 2.84. The van der Waals surface area contributed by atoms with Crippen molar-refractivity contribution < 1.29 is 33.0 Å². The van der Waals surface area contributed by atoms with E-state index in [-0.39, 0.29) is 53.6 Å². The lowest BCUT2D eigenvalue weighted by Crippen LogP contribution is -2.44. The fourth-order valence-corrected chi connectivity index (χ4v) is 3.69. The lowest BCUT2D eigenvalue weighted by Gasteiger charge is -2.16. The molecule has 2 aromatic heterocycles. The van der Waals surface area contributed by atoms with Gasteiger partial charge in [0, 0.05) is 26.4 Å². The Kier molecular flexibility index (Phi) is 9.59. The van der Waals surface area contributed by atoms with Crippen molar-refractivity contribution in [1.82, 2.24) is 24.8 Å². The number of carbonyl (C=O) groups is 3. The zero-order valence-corrected chi connectivity index (χ0v) is 22.3. The molecule has 12 nitrogen and oxygen atoms in total. The normalized spacial score (nSPS) is 12.1. The molecule has 214 valence electrons. The number of carbonyl (C=O) groups excluding carboxylic acids is 2. The first kappa shape index (κ1) is 29.8. The number of aromatic nitrogens is 3. The van der Waals surface area contributed by atoms with Gasteiger partial charge in [-0.2, -0.15) is 4.39 Å². The van der Waals surface area contributed by atoms with Crippen LogP contribution in [0.3, 0.4) is 0 Å². The van der Waals surface area contributed by atoms with E-state index < -0.39 is 41.3 Å². The van der Waals surface area contributed by atoms with E-state index in [0.29, 0.717) is 0 Å². The summed E-state index contributed by atoms with van der Waals surface area (Å²) in [5.41, 5.74) is -0.520. The fourth-order valence-electron chi connectivity index (χ4n) is 3.69. The van der Waals surface area contributed by atoms with Crippen molar-refractivity contribution >= 4 is 34.6 Å². The Morgan fingerprint density at radius 1 is 1.27 bits per heavy atom. The standard InChI is InChI=1S/C26H30F2N6O6/c1-14(2)40-23-21(28)15(27)12-18-22(23)32-19(29-18)13-34-11-7-9-17(25(34)37)30-24(36)16(31-26(38)39)8-5-6-10-20(35)33(3)4/h6-7,9-12,14,16,31H,5,8,13H2,1-4H3,(H,29,32)(H,30,36)(H,38,39). The van der Waals surface area contributed by atoms with Gasteiger partial charge in [-0.1, -0.05) is 6.08 Å². The molecule has 0 aliphatic carbocycles. The van der Waals surface area contributed by atoms with Crippen LogP contribution in [0.15, 0.2) is 41.3 Å². The maximum absolute atomic E-state index is 14.4. The van der Waals surface area contributed by atoms with E-state index in [1.165, 1.54) is 39.9 Å². The first-order chi connectivity index (χ1) is 18.9. The molecule has 1 unspecified atom stereocenters. The number of H-pyrrole nitrogens is 1. The Bertz CT molecular complexity index is 1500. The fraction of sp³-hybridized carbons (Fsp3) is 0.346. The van der Waals surface area contributed by atoms with Gasteiger partial charge in [-0.3, -0.25) is 14.4 Å². The van der Waals surface area contributed by atoms with E-state index in [9.17, 15) is 28.0 Å². The quantitative estimate of drug-likeness (QED) is 0.263. The molecule has 3 aromatic rings. The molecule has 1 aromatic carbocycles. The number of hydrogen-bond donors (Lipinski definition) is 4. The number of rotatable bonds is 11. The van der Waals surface area contributed by atoms with Crippen molar-refractivity contribution in [1.29, 1.82) is 0 Å². The summed E-state index contributed by atoms with van der Waals surface area (Å²) >= 11 is 0. The third-order valence-electron chi connectivity index (χ3n) is 5.57. The SMILES string of the molecule is CC(C)Oc1c(F)c(F)cc2[nH]c(Cn3cccc(NC(=O)C(CCC=CC(=O)N(C)C)NC(=O)O)c3=O)nc12. The molecular weight excluding hydrogens is 530 g/mol. The minimum absolute atomic E-state index is 0.0310. The number of nitrogens with zero attached hydrogens (tertiary/aromatic N) is 3. The third kappa shape index (κ3) is 7.42. The van der Waals surface area contributed by atoms with Crippen LogP contribution in [0.4, 0.5) is 19.3 Å². The number of anilines is 1. The monoisotopic (exact) mass is 560 g/mol. The Labute approximate surface area is 227 Å². The Balaban J connectivity index is 1.79. The minimum atomic E-state index is -1.43. The summed E-state index contributed by atoms with van der Waals surface area (Å²) in [5.74, 6) is -3.48. The van der Waals surface area contributed by atoms with Crippen molar-refractivity contribution in [3.05, 3.63) is 64.4 Å². The first-order valence-corrected chi connectivity index (χ1v) is 12.3. The molecule has 0 saturated heterocycles. The van der Waals surface area contributed by atoms with Gasteiger partial charge in [0.05, 0.1) is 18.2 Å². The zero-order valence-electron chi connectivity index (χ0n) is 22.3. The second-order valence-corrected chi connectivity index (χ2v) is 9.31. The highest BCUT2D eigenvalue weighted by Crippen LogP contribution is 2.30. The Morgan fingerprint density at radius 3 is 2.65 bits per heavy atom. The molecule has 14 heteroatoms. The molecule has 3 rings (SSSR count). The number of fused-ring (bicyclic) bond motifs is 1. The summed E-state index contributed by atoms with van der Waals surface area (Å²) in [6, 6.07) is 2.57. The minimum Gasteiger partial charge on any atom is -0.486 e. The molecule has 0 bridgehead atoms. The molecule has 40 heavy (non-hydrogen) atoms. The number of imidazole rings is 1. The lowest BCUT2D eigenvalue weighted by molar-refractivity contribution is -0.123. The third-order valence-corrected chi connectivity index (χ3v) is 5.57. The van der Waals surface area contributed by atoms with Gasteiger partial charge < -0.3 is 34.9 Å². The zero-order chi connectivity index (χ0) is 29.6. The second kappa shape index (κ2) is 12.9. The lowest BCUT2D eigenvalue weighted by atomic mass is 10.1.